The molecule has 0 bridgehead atoms. The molecule has 0 radical (unpaired) electrons. The van der Waals surface area contributed by atoms with Gasteiger partial charge in [-0.1, -0.05) is 19.1 Å². The van der Waals surface area contributed by atoms with Gasteiger partial charge in [-0.05, 0) is 67.4 Å². The first-order chi connectivity index (χ1) is 12.2. The lowest BCUT2D eigenvalue weighted by Crippen LogP contribution is -2.41. The highest BCUT2D eigenvalue weighted by atomic mass is 19.1. The fourth-order valence-electron chi connectivity index (χ4n) is 3.59. The van der Waals surface area contributed by atoms with Gasteiger partial charge in [0, 0.05) is 12.5 Å². The molecule has 0 aromatic heterocycles. The molecule has 1 aliphatic rings. The van der Waals surface area contributed by atoms with Crippen LogP contribution < -0.4 is 9.47 Å². The van der Waals surface area contributed by atoms with Gasteiger partial charge >= 0.3 is 0 Å². The Hall–Kier alpha value is -2.07. The highest BCUT2D eigenvalue weighted by Gasteiger charge is 2.30. The van der Waals surface area contributed by atoms with Crippen LogP contribution in [0.1, 0.15) is 24.8 Å². The summed E-state index contributed by atoms with van der Waals surface area (Å²) < 4.78 is 24.5. The van der Waals surface area contributed by atoms with Crippen molar-refractivity contribution in [3.8, 4) is 11.5 Å². The molecular weight excluding hydrogens is 317 g/mol. The normalized spacial score (nSPS) is 21.1. The molecule has 3 nitrogen and oxygen atoms in total. The molecule has 1 aliphatic heterocycles. The van der Waals surface area contributed by atoms with E-state index in [2.05, 4.69) is 11.8 Å². The van der Waals surface area contributed by atoms with Crippen LogP contribution in [0.25, 0.3) is 0 Å². The predicted molar refractivity (Wildman–Crippen MR) is 97.9 cm³/mol. The van der Waals surface area contributed by atoms with Crippen molar-refractivity contribution in [2.75, 3.05) is 33.4 Å². The second-order valence-corrected chi connectivity index (χ2v) is 6.59. The fraction of sp³-hybridized carbons (Fsp3) is 0.429. The Balaban J connectivity index is 1.69. The molecule has 0 saturated carbocycles. The maximum absolute atomic E-state index is 13.3. The van der Waals surface area contributed by atoms with Crippen molar-refractivity contribution in [2.24, 2.45) is 5.92 Å². The Kier molecular flexibility index (Phi) is 5.92. The first kappa shape index (κ1) is 17.7. The average molecular weight is 343 g/mol. The van der Waals surface area contributed by atoms with E-state index in [0.717, 1.165) is 37.6 Å². The van der Waals surface area contributed by atoms with Gasteiger partial charge in [0.25, 0.3) is 0 Å². The number of halogens is 1. The molecular formula is C21H26FNO2. The number of ether oxygens (including phenoxy) is 2. The van der Waals surface area contributed by atoms with Crippen molar-refractivity contribution < 1.29 is 13.9 Å². The van der Waals surface area contributed by atoms with E-state index in [9.17, 15) is 4.39 Å². The van der Waals surface area contributed by atoms with Gasteiger partial charge in [-0.15, -0.1) is 0 Å². The molecule has 4 heteroatoms. The molecule has 134 valence electrons. The summed E-state index contributed by atoms with van der Waals surface area (Å²) in [5, 5.41) is 0. The van der Waals surface area contributed by atoms with E-state index in [1.807, 2.05) is 36.4 Å². The van der Waals surface area contributed by atoms with Gasteiger partial charge < -0.3 is 14.4 Å². The van der Waals surface area contributed by atoms with Gasteiger partial charge in [-0.3, -0.25) is 0 Å². The number of benzene rings is 2. The molecule has 0 N–H and O–H groups in total. The van der Waals surface area contributed by atoms with E-state index < -0.39 is 0 Å². The maximum Gasteiger partial charge on any atom is 0.123 e. The van der Waals surface area contributed by atoms with Crippen LogP contribution in [0, 0.1) is 11.7 Å². The molecule has 2 aromatic rings. The Morgan fingerprint density at radius 2 is 1.72 bits per heavy atom. The molecule has 1 saturated heterocycles. The van der Waals surface area contributed by atoms with Gasteiger partial charge in [-0.25, -0.2) is 4.39 Å². The van der Waals surface area contributed by atoms with Crippen LogP contribution >= 0.6 is 0 Å². The van der Waals surface area contributed by atoms with Crippen molar-refractivity contribution in [1.29, 1.82) is 0 Å². The number of piperidine rings is 1. The topological polar surface area (TPSA) is 21.7 Å². The minimum absolute atomic E-state index is 0.180. The summed E-state index contributed by atoms with van der Waals surface area (Å²) in [5.74, 6) is 2.29. The Labute approximate surface area is 149 Å². The summed E-state index contributed by atoms with van der Waals surface area (Å²) in [5.41, 5.74) is 1.21. The van der Waals surface area contributed by atoms with Crippen molar-refractivity contribution in [2.45, 2.75) is 19.3 Å². The third kappa shape index (κ3) is 4.51. The van der Waals surface area contributed by atoms with Gasteiger partial charge in [0.2, 0.25) is 0 Å². The fourth-order valence-corrected chi connectivity index (χ4v) is 3.59. The van der Waals surface area contributed by atoms with E-state index in [1.54, 1.807) is 19.2 Å². The van der Waals surface area contributed by atoms with Crippen molar-refractivity contribution in [3.63, 3.8) is 0 Å². The molecule has 2 aromatic carbocycles. The van der Waals surface area contributed by atoms with E-state index in [0.29, 0.717) is 18.4 Å². The quantitative estimate of drug-likeness (QED) is 0.779. The van der Waals surface area contributed by atoms with E-state index in [-0.39, 0.29) is 5.82 Å². The first-order valence-corrected chi connectivity index (χ1v) is 8.94. The van der Waals surface area contributed by atoms with Crippen LogP contribution in [0.2, 0.25) is 0 Å². The molecule has 1 heterocycles. The van der Waals surface area contributed by atoms with Crippen molar-refractivity contribution >= 4 is 0 Å². The Bertz CT molecular complexity index is 657. The minimum atomic E-state index is -0.180. The highest BCUT2D eigenvalue weighted by molar-refractivity contribution is 5.31. The van der Waals surface area contributed by atoms with Gasteiger partial charge in [0.1, 0.15) is 17.3 Å². The van der Waals surface area contributed by atoms with Crippen LogP contribution in [0.4, 0.5) is 4.39 Å². The smallest absolute Gasteiger partial charge is 0.123 e. The van der Waals surface area contributed by atoms with Crippen LogP contribution in [0.3, 0.4) is 0 Å². The highest BCUT2D eigenvalue weighted by Crippen LogP contribution is 2.33. The first-order valence-electron chi connectivity index (χ1n) is 8.94. The van der Waals surface area contributed by atoms with Gasteiger partial charge in [0.15, 0.2) is 0 Å². The predicted octanol–water partition coefficient (Wildman–Crippen LogP) is 4.34. The van der Waals surface area contributed by atoms with Crippen LogP contribution in [0.5, 0.6) is 11.5 Å². The number of nitrogens with zero attached hydrogens (tertiary/aromatic N) is 1. The molecule has 0 amide bonds. The molecule has 2 atom stereocenters. The van der Waals surface area contributed by atoms with Crippen molar-refractivity contribution in [1.82, 2.24) is 4.90 Å². The summed E-state index contributed by atoms with van der Waals surface area (Å²) in [4.78, 5) is 2.46. The summed E-state index contributed by atoms with van der Waals surface area (Å²) in [7, 11) is 1.66. The molecule has 3 rings (SSSR count). The molecule has 25 heavy (non-hydrogen) atoms. The van der Waals surface area contributed by atoms with Crippen molar-refractivity contribution in [3.05, 3.63) is 59.9 Å². The zero-order chi connectivity index (χ0) is 17.6. The van der Waals surface area contributed by atoms with Gasteiger partial charge in [-0.2, -0.15) is 0 Å². The lowest BCUT2D eigenvalue weighted by molar-refractivity contribution is 0.115. The third-order valence-electron chi connectivity index (χ3n) is 5.09. The van der Waals surface area contributed by atoms with Crippen LogP contribution in [-0.2, 0) is 0 Å². The molecule has 0 aliphatic carbocycles. The summed E-state index contributed by atoms with van der Waals surface area (Å²) in [6, 6.07) is 14.6. The zero-order valence-electron chi connectivity index (χ0n) is 15.0. The summed E-state index contributed by atoms with van der Waals surface area (Å²) in [6.45, 7) is 5.99. The summed E-state index contributed by atoms with van der Waals surface area (Å²) in [6.07, 6.45) is 1.08. The lowest BCUT2D eigenvalue weighted by atomic mass is 9.81. The number of hydrogen-bond acceptors (Lipinski definition) is 3. The summed E-state index contributed by atoms with van der Waals surface area (Å²) >= 11 is 0. The number of hydrogen-bond donors (Lipinski definition) is 0. The molecule has 1 fully saturated rings. The SMILES string of the molecule is CCN1CC[C@H](c2ccc(F)cc2)[C@@H](COc2ccc(OC)cc2)C1. The van der Waals surface area contributed by atoms with Crippen LogP contribution in [-0.4, -0.2) is 38.3 Å². The van der Waals surface area contributed by atoms with E-state index in [4.69, 9.17) is 9.47 Å². The van der Waals surface area contributed by atoms with Gasteiger partial charge in [0.05, 0.1) is 13.7 Å². The second kappa shape index (κ2) is 8.34. The lowest BCUT2D eigenvalue weighted by Gasteiger charge is -2.38. The Morgan fingerprint density at radius 3 is 2.36 bits per heavy atom. The largest absolute Gasteiger partial charge is 0.497 e. The molecule has 0 spiro atoms. The number of likely N-dealkylation sites (tertiary alicyclic amines) is 1. The maximum atomic E-state index is 13.3. The minimum Gasteiger partial charge on any atom is -0.497 e. The average Bonchev–Trinajstić information content (AvgIpc) is 2.67. The van der Waals surface area contributed by atoms with E-state index >= 15 is 0 Å². The van der Waals surface area contributed by atoms with E-state index in [1.165, 1.54) is 5.56 Å². The number of methoxy groups -OCH3 is 1. The second-order valence-electron chi connectivity index (χ2n) is 6.59. The molecule has 0 unspecified atom stereocenters. The Morgan fingerprint density at radius 1 is 1.04 bits per heavy atom. The monoisotopic (exact) mass is 343 g/mol. The zero-order valence-corrected chi connectivity index (χ0v) is 15.0. The third-order valence-corrected chi connectivity index (χ3v) is 5.09. The standard InChI is InChI=1S/C21H26FNO2/c1-3-23-13-12-21(16-4-6-18(22)7-5-16)17(14-23)15-25-20-10-8-19(24-2)9-11-20/h4-11,17,21H,3,12-15H2,1-2H3/t17-,21-/m1/s1. The number of rotatable bonds is 6. The van der Waals surface area contributed by atoms with Crippen LogP contribution in [0.15, 0.2) is 48.5 Å².